The molecule has 0 saturated carbocycles. The van der Waals surface area contributed by atoms with Crippen molar-refractivity contribution < 1.29 is 13.2 Å². The molecule has 0 fully saturated rings. The Hall–Kier alpha value is -1.89. The second kappa shape index (κ2) is 9.07. The van der Waals surface area contributed by atoms with Gasteiger partial charge in [0.05, 0.1) is 4.90 Å². The summed E-state index contributed by atoms with van der Waals surface area (Å²) in [5, 5.41) is 0.641. The molecule has 2 rings (SSSR count). The molecule has 0 aromatic heterocycles. The number of halogens is 1. The van der Waals surface area contributed by atoms with Gasteiger partial charge in [-0.15, -0.1) is 0 Å². The first-order valence-electron chi connectivity index (χ1n) is 9.08. The average Bonchev–Trinajstić information content (AvgIpc) is 2.62. The second-order valence-corrected chi connectivity index (χ2v) is 10.0. The fourth-order valence-electron chi connectivity index (χ4n) is 2.65. The van der Waals surface area contributed by atoms with Crippen LogP contribution in [0.2, 0.25) is 5.02 Å². The number of carbonyl (C=O) groups is 1. The Morgan fingerprint density at radius 3 is 2.14 bits per heavy atom. The molecule has 28 heavy (non-hydrogen) atoms. The van der Waals surface area contributed by atoms with Gasteiger partial charge >= 0.3 is 0 Å². The highest BCUT2D eigenvalue weighted by molar-refractivity contribution is 7.89. The molecular formula is C21H27ClN2O3S. The van der Waals surface area contributed by atoms with E-state index in [9.17, 15) is 13.2 Å². The SMILES string of the molecule is CN(Cc1ccc(Cl)cc1)C(=O)CCNS(=O)(=O)c1ccc(C(C)(C)C)cc1. The normalized spacial score (nSPS) is 12.0. The van der Waals surface area contributed by atoms with Crippen molar-refractivity contribution in [2.45, 2.75) is 44.0 Å². The van der Waals surface area contributed by atoms with Crippen LogP contribution in [0, 0.1) is 0 Å². The minimum Gasteiger partial charge on any atom is -0.341 e. The minimum absolute atomic E-state index is 0.0448. The first kappa shape index (κ1) is 22.4. The van der Waals surface area contributed by atoms with Crippen LogP contribution in [0.15, 0.2) is 53.4 Å². The summed E-state index contributed by atoms with van der Waals surface area (Å²) in [6.45, 7) is 6.70. The number of hydrogen-bond acceptors (Lipinski definition) is 3. The Morgan fingerprint density at radius 1 is 1.04 bits per heavy atom. The maximum Gasteiger partial charge on any atom is 0.240 e. The Balaban J connectivity index is 1.88. The lowest BCUT2D eigenvalue weighted by Gasteiger charge is -2.19. The van der Waals surface area contributed by atoms with Crippen molar-refractivity contribution in [3.63, 3.8) is 0 Å². The molecule has 2 aromatic rings. The summed E-state index contributed by atoms with van der Waals surface area (Å²) in [6.07, 6.45) is 0.0867. The Bertz CT molecular complexity index is 902. The fourth-order valence-corrected chi connectivity index (χ4v) is 3.81. The van der Waals surface area contributed by atoms with Gasteiger partial charge in [-0.1, -0.05) is 56.6 Å². The molecule has 5 nitrogen and oxygen atoms in total. The Labute approximate surface area is 172 Å². The summed E-state index contributed by atoms with van der Waals surface area (Å²) >= 11 is 5.86. The number of rotatable bonds is 7. The van der Waals surface area contributed by atoms with Gasteiger partial charge in [-0.05, 0) is 40.8 Å². The van der Waals surface area contributed by atoms with Gasteiger partial charge in [0.1, 0.15) is 0 Å². The second-order valence-electron chi connectivity index (χ2n) is 7.80. The molecule has 0 atom stereocenters. The third kappa shape index (κ3) is 6.33. The van der Waals surface area contributed by atoms with E-state index < -0.39 is 10.0 Å². The number of carbonyl (C=O) groups excluding carboxylic acids is 1. The van der Waals surface area contributed by atoms with Crippen LogP contribution in [0.5, 0.6) is 0 Å². The molecular weight excluding hydrogens is 396 g/mol. The Kier molecular flexibility index (Phi) is 7.26. The molecule has 7 heteroatoms. The standard InChI is InChI=1S/C21H27ClN2O3S/c1-21(2,3)17-7-11-19(12-8-17)28(26,27)23-14-13-20(25)24(4)15-16-5-9-18(22)10-6-16/h5-12,23H,13-15H2,1-4H3. The topological polar surface area (TPSA) is 66.5 Å². The first-order valence-corrected chi connectivity index (χ1v) is 10.9. The molecule has 0 spiro atoms. The molecule has 0 heterocycles. The number of benzene rings is 2. The predicted octanol–water partition coefficient (Wildman–Crippen LogP) is 3.96. The molecule has 0 radical (unpaired) electrons. The molecule has 1 amide bonds. The van der Waals surface area contributed by atoms with E-state index in [1.165, 1.54) is 0 Å². The zero-order chi connectivity index (χ0) is 20.9. The van der Waals surface area contributed by atoms with Gasteiger partial charge in [0.25, 0.3) is 0 Å². The summed E-state index contributed by atoms with van der Waals surface area (Å²) in [5.74, 6) is -0.138. The van der Waals surface area contributed by atoms with E-state index in [-0.39, 0.29) is 29.2 Å². The lowest BCUT2D eigenvalue weighted by molar-refractivity contribution is -0.130. The molecule has 0 saturated heterocycles. The number of hydrogen-bond donors (Lipinski definition) is 1. The van der Waals surface area contributed by atoms with Gasteiger partial charge in [0.2, 0.25) is 15.9 Å². The third-order valence-electron chi connectivity index (χ3n) is 4.42. The highest BCUT2D eigenvalue weighted by Crippen LogP contribution is 2.23. The van der Waals surface area contributed by atoms with Crippen LogP contribution in [0.3, 0.4) is 0 Å². The van der Waals surface area contributed by atoms with Crippen LogP contribution in [0.25, 0.3) is 0 Å². The zero-order valence-corrected chi connectivity index (χ0v) is 18.3. The highest BCUT2D eigenvalue weighted by atomic mass is 35.5. The summed E-state index contributed by atoms with van der Waals surface area (Å²) < 4.78 is 27.3. The Morgan fingerprint density at radius 2 is 1.61 bits per heavy atom. The van der Waals surface area contributed by atoms with Crippen LogP contribution in [0.1, 0.15) is 38.3 Å². The van der Waals surface area contributed by atoms with Crippen molar-refractivity contribution in [1.82, 2.24) is 9.62 Å². The van der Waals surface area contributed by atoms with Crippen molar-refractivity contribution in [3.8, 4) is 0 Å². The van der Waals surface area contributed by atoms with E-state index in [4.69, 9.17) is 11.6 Å². The van der Waals surface area contributed by atoms with E-state index in [1.807, 2.05) is 24.3 Å². The van der Waals surface area contributed by atoms with E-state index in [1.54, 1.807) is 36.2 Å². The number of sulfonamides is 1. The first-order chi connectivity index (χ1) is 13.0. The van der Waals surface area contributed by atoms with Crippen molar-refractivity contribution in [1.29, 1.82) is 0 Å². The molecule has 1 N–H and O–H groups in total. The maximum absolute atomic E-state index is 12.4. The van der Waals surface area contributed by atoms with Crippen molar-refractivity contribution >= 4 is 27.5 Å². The summed E-state index contributed by atoms with van der Waals surface area (Å²) in [6, 6.07) is 14.1. The average molecular weight is 423 g/mol. The van der Waals surface area contributed by atoms with Gasteiger partial charge < -0.3 is 4.90 Å². The summed E-state index contributed by atoms with van der Waals surface area (Å²) in [7, 11) is -1.95. The van der Waals surface area contributed by atoms with Crippen LogP contribution >= 0.6 is 11.6 Å². The van der Waals surface area contributed by atoms with Crippen molar-refractivity contribution in [2.75, 3.05) is 13.6 Å². The molecule has 2 aromatic carbocycles. The maximum atomic E-state index is 12.4. The predicted molar refractivity (Wildman–Crippen MR) is 113 cm³/mol. The minimum atomic E-state index is -3.64. The van der Waals surface area contributed by atoms with Crippen LogP contribution in [-0.2, 0) is 26.8 Å². The van der Waals surface area contributed by atoms with Crippen LogP contribution in [-0.4, -0.2) is 32.8 Å². The highest BCUT2D eigenvalue weighted by Gasteiger charge is 2.18. The number of nitrogens with one attached hydrogen (secondary N) is 1. The van der Waals surface area contributed by atoms with E-state index in [0.717, 1.165) is 11.1 Å². The van der Waals surface area contributed by atoms with Crippen LogP contribution < -0.4 is 4.72 Å². The van der Waals surface area contributed by atoms with Crippen molar-refractivity contribution in [3.05, 3.63) is 64.7 Å². The van der Waals surface area contributed by atoms with Gasteiger partial charge in [0.15, 0.2) is 0 Å². The van der Waals surface area contributed by atoms with E-state index in [0.29, 0.717) is 11.6 Å². The molecule has 0 aliphatic rings. The van der Waals surface area contributed by atoms with Gasteiger partial charge in [0, 0.05) is 31.6 Å². The van der Waals surface area contributed by atoms with E-state index >= 15 is 0 Å². The van der Waals surface area contributed by atoms with Gasteiger partial charge in [-0.2, -0.15) is 0 Å². The van der Waals surface area contributed by atoms with Gasteiger partial charge in [-0.25, -0.2) is 13.1 Å². The summed E-state index contributed by atoms with van der Waals surface area (Å²) in [5.41, 5.74) is 1.97. The van der Waals surface area contributed by atoms with E-state index in [2.05, 4.69) is 25.5 Å². The molecule has 0 bridgehead atoms. The number of amides is 1. The smallest absolute Gasteiger partial charge is 0.240 e. The van der Waals surface area contributed by atoms with Crippen LogP contribution in [0.4, 0.5) is 0 Å². The lowest BCUT2D eigenvalue weighted by atomic mass is 9.87. The zero-order valence-electron chi connectivity index (χ0n) is 16.7. The quantitative estimate of drug-likeness (QED) is 0.734. The van der Waals surface area contributed by atoms with Crippen molar-refractivity contribution in [2.24, 2.45) is 0 Å². The monoisotopic (exact) mass is 422 g/mol. The fraction of sp³-hybridized carbons (Fsp3) is 0.381. The molecule has 0 unspecified atom stereocenters. The van der Waals surface area contributed by atoms with Gasteiger partial charge in [-0.3, -0.25) is 4.79 Å². The third-order valence-corrected chi connectivity index (χ3v) is 6.15. The molecule has 0 aliphatic heterocycles. The molecule has 0 aliphatic carbocycles. The molecule has 152 valence electrons. The number of nitrogens with zero attached hydrogens (tertiary/aromatic N) is 1. The summed E-state index contributed by atoms with van der Waals surface area (Å²) in [4.78, 5) is 14.0. The largest absolute Gasteiger partial charge is 0.341 e. The lowest BCUT2D eigenvalue weighted by Crippen LogP contribution is -2.32.